The van der Waals surface area contributed by atoms with Crippen LogP contribution in [0.15, 0.2) is 12.1 Å². The first-order valence-electron chi connectivity index (χ1n) is 6.93. The molecule has 0 amide bonds. The van der Waals surface area contributed by atoms with Crippen LogP contribution in [0.4, 0.5) is 0 Å². The van der Waals surface area contributed by atoms with Crippen LogP contribution in [0.3, 0.4) is 0 Å². The highest BCUT2D eigenvalue weighted by Gasteiger charge is 2.21. The van der Waals surface area contributed by atoms with Gasteiger partial charge >= 0.3 is 0 Å². The Morgan fingerprint density at radius 3 is 1.75 bits per heavy atom. The van der Waals surface area contributed by atoms with Crippen LogP contribution in [0.1, 0.15) is 76.0 Å². The molecule has 0 aliphatic rings. The van der Waals surface area contributed by atoms with Crippen LogP contribution >= 0.6 is 7.82 Å². The van der Waals surface area contributed by atoms with Crippen LogP contribution in [0.2, 0.25) is 0 Å². The van der Waals surface area contributed by atoms with Crippen LogP contribution in [-0.2, 0) is 4.57 Å². The monoisotopic (exact) mass is 298 g/mol. The topological polar surface area (TPSA) is 72.4 Å². The van der Waals surface area contributed by atoms with E-state index in [9.17, 15) is 14.4 Å². The molecule has 1 aromatic rings. The molecule has 0 radical (unpaired) electrons. The molecular weight excluding hydrogens is 275 g/mol. The van der Waals surface area contributed by atoms with E-state index in [1.54, 1.807) is 6.07 Å². The van der Waals surface area contributed by atoms with Crippen molar-refractivity contribution in [3.05, 3.63) is 28.8 Å². The van der Waals surface area contributed by atoms with Gasteiger partial charge in [-0.2, -0.15) is 0 Å². The lowest BCUT2D eigenvalue weighted by Crippen LogP contribution is -2.20. The van der Waals surface area contributed by atoms with Crippen molar-refractivity contribution < 1.29 is 18.9 Å². The molecule has 1 rings (SSSR count). The summed E-state index contributed by atoms with van der Waals surface area (Å²) in [5.41, 5.74) is 3.07. The first-order valence-corrected chi connectivity index (χ1v) is 8.39. The van der Waals surface area contributed by atoms with Crippen LogP contribution in [0, 0.1) is 0 Å². The number of phosphoric ester groups is 1. The average Bonchev–Trinajstić information content (AvgIpc) is 2.24. The molecule has 114 valence electrons. The Morgan fingerprint density at radius 1 is 0.900 bits per heavy atom. The number of phosphoric acid groups is 1. The zero-order valence-corrected chi connectivity index (χ0v) is 13.9. The Morgan fingerprint density at radius 2 is 1.40 bits per heavy atom. The summed E-state index contributed by atoms with van der Waals surface area (Å²) in [6, 6.07) is 3.45. The van der Waals surface area contributed by atoms with Crippen molar-refractivity contribution in [1.82, 2.24) is 0 Å². The molecular formula is C15H23O4P-2. The number of rotatable bonds is 5. The van der Waals surface area contributed by atoms with E-state index in [0.717, 1.165) is 11.1 Å². The van der Waals surface area contributed by atoms with E-state index >= 15 is 0 Å². The van der Waals surface area contributed by atoms with Crippen molar-refractivity contribution in [1.29, 1.82) is 0 Å². The van der Waals surface area contributed by atoms with Gasteiger partial charge in [0, 0.05) is 5.56 Å². The molecule has 0 N–H and O–H groups in total. The highest BCUT2D eigenvalue weighted by molar-refractivity contribution is 7.43. The average molecular weight is 298 g/mol. The van der Waals surface area contributed by atoms with E-state index in [2.05, 4.69) is 32.2 Å². The second kappa shape index (κ2) is 6.30. The molecule has 0 saturated heterocycles. The molecule has 4 nitrogen and oxygen atoms in total. The maximum Gasteiger partial charge on any atom is 0.128 e. The van der Waals surface area contributed by atoms with Crippen LogP contribution < -0.4 is 14.3 Å². The highest BCUT2D eigenvalue weighted by Crippen LogP contribution is 2.42. The van der Waals surface area contributed by atoms with Gasteiger partial charge in [-0.15, -0.1) is 0 Å². The quantitative estimate of drug-likeness (QED) is 0.782. The molecule has 0 atom stereocenters. The van der Waals surface area contributed by atoms with E-state index < -0.39 is 7.82 Å². The first kappa shape index (κ1) is 17.2. The Balaban J connectivity index is 3.56. The van der Waals surface area contributed by atoms with Gasteiger partial charge in [-0.3, -0.25) is 0 Å². The lowest BCUT2D eigenvalue weighted by molar-refractivity contribution is -0.333. The van der Waals surface area contributed by atoms with Gasteiger partial charge < -0.3 is 18.9 Å². The summed E-state index contributed by atoms with van der Waals surface area (Å²) in [6.07, 6.45) is 0. The van der Waals surface area contributed by atoms with Crippen LogP contribution in [-0.4, -0.2) is 0 Å². The zero-order valence-electron chi connectivity index (χ0n) is 13.0. The summed E-state index contributed by atoms with van der Waals surface area (Å²) < 4.78 is 15.6. The third kappa shape index (κ3) is 4.08. The summed E-state index contributed by atoms with van der Waals surface area (Å²) in [4.78, 5) is 21.9. The molecule has 20 heavy (non-hydrogen) atoms. The van der Waals surface area contributed by atoms with Crippen molar-refractivity contribution in [3.8, 4) is 5.75 Å². The fraction of sp³-hybridized carbons (Fsp3) is 0.600. The van der Waals surface area contributed by atoms with Gasteiger partial charge in [0.05, 0.1) is 0 Å². The van der Waals surface area contributed by atoms with E-state index in [-0.39, 0.29) is 17.6 Å². The molecule has 0 heterocycles. The SMILES string of the molecule is CC(C)c1ccc(OP(=O)([O-])[O-])c(C(C)C)c1C(C)C. The van der Waals surface area contributed by atoms with E-state index in [4.69, 9.17) is 0 Å². The third-order valence-corrected chi connectivity index (χ3v) is 3.69. The molecule has 5 heteroatoms. The second-order valence-electron chi connectivity index (χ2n) is 5.98. The number of hydrogen-bond acceptors (Lipinski definition) is 4. The largest absolute Gasteiger partial charge is 0.780 e. The number of hydrogen-bond donors (Lipinski definition) is 0. The first-order chi connectivity index (χ1) is 9.04. The summed E-state index contributed by atoms with van der Waals surface area (Å²) in [6.45, 7) is 12.3. The maximum atomic E-state index is 10.9. The normalized spacial score (nSPS) is 12.6. The maximum absolute atomic E-state index is 10.9. The van der Waals surface area contributed by atoms with E-state index in [1.807, 2.05) is 19.9 Å². The van der Waals surface area contributed by atoms with E-state index in [1.165, 1.54) is 5.56 Å². The zero-order chi connectivity index (χ0) is 15.7. The van der Waals surface area contributed by atoms with Gasteiger partial charge in [-0.05, 0) is 34.9 Å². The predicted octanol–water partition coefficient (Wildman–Crippen LogP) is 3.26. The van der Waals surface area contributed by atoms with Gasteiger partial charge in [0.15, 0.2) is 0 Å². The molecule has 0 aliphatic heterocycles. The highest BCUT2D eigenvalue weighted by atomic mass is 31.2. The molecule has 0 aromatic heterocycles. The van der Waals surface area contributed by atoms with Gasteiger partial charge in [0.2, 0.25) is 0 Å². The third-order valence-electron chi connectivity index (χ3n) is 3.27. The Kier molecular flexibility index (Phi) is 5.42. The van der Waals surface area contributed by atoms with Crippen molar-refractivity contribution >= 4 is 7.82 Å². The lowest BCUT2D eigenvalue weighted by Gasteiger charge is -2.33. The van der Waals surface area contributed by atoms with Gasteiger partial charge in [-0.25, -0.2) is 0 Å². The smallest absolute Gasteiger partial charge is 0.128 e. The fourth-order valence-electron chi connectivity index (χ4n) is 2.58. The Bertz CT molecular complexity index is 515. The number of benzene rings is 1. The summed E-state index contributed by atoms with van der Waals surface area (Å²) in [7, 11) is -5.04. The second-order valence-corrected chi connectivity index (χ2v) is 7.06. The minimum absolute atomic E-state index is 0.0765. The van der Waals surface area contributed by atoms with Crippen LogP contribution in [0.25, 0.3) is 0 Å². The van der Waals surface area contributed by atoms with Crippen molar-refractivity contribution in [2.75, 3.05) is 0 Å². The van der Waals surface area contributed by atoms with E-state index in [0.29, 0.717) is 5.92 Å². The fourth-order valence-corrected chi connectivity index (χ4v) is 2.98. The van der Waals surface area contributed by atoms with Gasteiger partial charge in [-0.1, -0.05) is 47.6 Å². The lowest BCUT2D eigenvalue weighted by atomic mass is 9.83. The summed E-state index contributed by atoms with van der Waals surface area (Å²) >= 11 is 0. The van der Waals surface area contributed by atoms with Crippen molar-refractivity contribution in [3.63, 3.8) is 0 Å². The van der Waals surface area contributed by atoms with Crippen molar-refractivity contribution in [2.24, 2.45) is 0 Å². The molecule has 0 bridgehead atoms. The predicted molar refractivity (Wildman–Crippen MR) is 76.9 cm³/mol. The molecule has 0 fully saturated rings. The van der Waals surface area contributed by atoms with Gasteiger partial charge in [0.25, 0.3) is 0 Å². The Labute approximate surface area is 121 Å². The summed E-state index contributed by atoms with van der Waals surface area (Å²) in [5.74, 6) is 0.797. The molecule has 0 saturated carbocycles. The molecule has 1 aromatic carbocycles. The molecule has 0 unspecified atom stereocenters. The minimum atomic E-state index is -5.04. The Hall–Kier alpha value is -0.830. The van der Waals surface area contributed by atoms with Crippen LogP contribution in [0.5, 0.6) is 5.75 Å². The van der Waals surface area contributed by atoms with Crippen molar-refractivity contribution in [2.45, 2.75) is 59.3 Å². The summed E-state index contributed by atoms with van der Waals surface area (Å²) in [5, 5.41) is 0. The standard InChI is InChI=1S/C15H25O4P/c1-9(2)12-7-8-13(19-20(16,17)18)15(11(5)6)14(12)10(3)4/h7-11H,1-6H3,(H2,16,17,18)/p-2. The molecule has 0 aliphatic carbocycles. The minimum Gasteiger partial charge on any atom is -0.780 e. The van der Waals surface area contributed by atoms with Gasteiger partial charge in [0.1, 0.15) is 13.6 Å². The molecule has 0 spiro atoms.